The van der Waals surface area contributed by atoms with E-state index in [4.69, 9.17) is 10.8 Å². The van der Waals surface area contributed by atoms with Gasteiger partial charge in [0.1, 0.15) is 11.9 Å². The fourth-order valence-corrected chi connectivity index (χ4v) is 1.20. The Hall–Kier alpha value is -1.46. The number of carbonyl (C=O) groups is 1. The summed E-state index contributed by atoms with van der Waals surface area (Å²) >= 11 is 0. The van der Waals surface area contributed by atoms with Gasteiger partial charge in [-0.05, 0) is 24.1 Å². The minimum Gasteiger partial charge on any atom is -0.382 e. The van der Waals surface area contributed by atoms with Crippen molar-refractivity contribution in [2.24, 2.45) is 5.73 Å². The highest BCUT2D eigenvalue weighted by atomic mass is 19.1. The maximum Gasteiger partial charge on any atom is 0.247 e. The van der Waals surface area contributed by atoms with Crippen LogP contribution in [0.1, 0.15) is 11.1 Å². The van der Waals surface area contributed by atoms with E-state index in [1.165, 1.54) is 6.07 Å². The number of halogens is 1. The molecule has 1 aromatic rings. The maximum absolute atomic E-state index is 13.1. The van der Waals surface area contributed by atoms with Crippen LogP contribution in [0.5, 0.6) is 0 Å². The molecule has 4 N–H and O–H groups in total. The van der Waals surface area contributed by atoms with Gasteiger partial charge >= 0.3 is 0 Å². The van der Waals surface area contributed by atoms with E-state index < -0.39 is 12.0 Å². The third-order valence-corrected chi connectivity index (χ3v) is 2.23. The molecule has 0 saturated carbocycles. The number of aryl methyl sites for hydroxylation is 1. The van der Waals surface area contributed by atoms with Crippen LogP contribution in [-0.2, 0) is 11.3 Å². The third kappa shape index (κ3) is 3.60. The van der Waals surface area contributed by atoms with Crippen LogP contribution in [0.4, 0.5) is 4.39 Å². The summed E-state index contributed by atoms with van der Waals surface area (Å²) in [4.78, 5) is 10.5. The van der Waals surface area contributed by atoms with E-state index in [1.54, 1.807) is 19.1 Å². The van der Waals surface area contributed by atoms with E-state index in [1.807, 2.05) is 0 Å². The minimum atomic E-state index is -1.21. The highest BCUT2D eigenvalue weighted by Crippen LogP contribution is 2.08. The Kier molecular flexibility index (Phi) is 4.39. The van der Waals surface area contributed by atoms with Crippen molar-refractivity contribution in [1.29, 1.82) is 0 Å². The van der Waals surface area contributed by atoms with Crippen LogP contribution in [0, 0.1) is 12.7 Å². The lowest BCUT2D eigenvalue weighted by Crippen LogP contribution is -2.37. The molecular weight excluding hydrogens is 211 g/mol. The van der Waals surface area contributed by atoms with E-state index in [0.717, 1.165) is 5.56 Å². The highest BCUT2D eigenvalue weighted by Gasteiger charge is 2.09. The zero-order valence-corrected chi connectivity index (χ0v) is 9.03. The van der Waals surface area contributed by atoms with Crippen LogP contribution in [0.3, 0.4) is 0 Å². The minimum absolute atomic E-state index is 0.0603. The van der Waals surface area contributed by atoms with Crippen molar-refractivity contribution in [3.8, 4) is 0 Å². The van der Waals surface area contributed by atoms with Crippen molar-refractivity contribution in [2.75, 3.05) is 6.54 Å². The van der Waals surface area contributed by atoms with Gasteiger partial charge in [-0.2, -0.15) is 0 Å². The number of hydrogen-bond donors (Lipinski definition) is 3. The molecule has 4 nitrogen and oxygen atoms in total. The molecule has 0 aromatic heterocycles. The molecule has 1 rings (SSSR count). The van der Waals surface area contributed by atoms with Gasteiger partial charge in [0.2, 0.25) is 5.91 Å². The Morgan fingerprint density at radius 2 is 2.31 bits per heavy atom. The molecule has 16 heavy (non-hydrogen) atoms. The highest BCUT2D eigenvalue weighted by molar-refractivity contribution is 5.78. The number of benzene rings is 1. The smallest absolute Gasteiger partial charge is 0.247 e. The normalized spacial score (nSPS) is 12.4. The Balaban J connectivity index is 2.43. The number of rotatable bonds is 5. The average Bonchev–Trinajstić information content (AvgIpc) is 2.23. The second kappa shape index (κ2) is 5.58. The third-order valence-electron chi connectivity index (χ3n) is 2.23. The molecule has 1 aromatic carbocycles. The summed E-state index contributed by atoms with van der Waals surface area (Å²) in [6, 6.07) is 4.87. The van der Waals surface area contributed by atoms with Crippen molar-refractivity contribution < 1.29 is 14.3 Å². The molecule has 0 spiro atoms. The number of nitrogens with one attached hydrogen (secondary N) is 1. The summed E-state index contributed by atoms with van der Waals surface area (Å²) in [5, 5.41) is 11.9. The molecule has 0 aliphatic carbocycles. The molecule has 5 heteroatoms. The number of amides is 1. The topological polar surface area (TPSA) is 75.3 Å². The predicted molar refractivity (Wildman–Crippen MR) is 58.0 cm³/mol. The standard InChI is InChI=1S/C11H15FN2O2/c1-7-2-3-8(4-9(7)12)5-14-6-10(15)11(13)16/h2-4,10,14-15H,5-6H2,1H3,(H2,13,16). The van der Waals surface area contributed by atoms with Crippen molar-refractivity contribution in [3.63, 3.8) is 0 Å². The molecule has 0 bridgehead atoms. The van der Waals surface area contributed by atoms with Gasteiger partial charge in [-0.25, -0.2) is 4.39 Å². The van der Waals surface area contributed by atoms with Gasteiger partial charge in [-0.1, -0.05) is 12.1 Å². The summed E-state index contributed by atoms with van der Waals surface area (Å²) in [7, 11) is 0. The van der Waals surface area contributed by atoms with E-state index in [9.17, 15) is 9.18 Å². The van der Waals surface area contributed by atoms with Gasteiger partial charge in [0, 0.05) is 13.1 Å². The maximum atomic E-state index is 13.1. The first-order valence-corrected chi connectivity index (χ1v) is 4.94. The monoisotopic (exact) mass is 226 g/mol. The van der Waals surface area contributed by atoms with Crippen LogP contribution in [0.15, 0.2) is 18.2 Å². The lowest BCUT2D eigenvalue weighted by atomic mass is 10.1. The number of nitrogens with two attached hydrogens (primary N) is 1. The van der Waals surface area contributed by atoms with Crippen molar-refractivity contribution in [1.82, 2.24) is 5.32 Å². The molecule has 0 heterocycles. The molecule has 88 valence electrons. The Morgan fingerprint density at radius 3 is 2.88 bits per heavy atom. The molecule has 0 saturated heterocycles. The average molecular weight is 226 g/mol. The predicted octanol–water partition coefficient (Wildman–Crippen LogP) is 0.0699. The molecule has 1 unspecified atom stereocenters. The SMILES string of the molecule is Cc1ccc(CNCC(O)C(N)=O)cc1F. The molecular formula is C11H15FN2O2. The molecule has 0 radical (unpaired) electrons. The van der Waals surface area contributed by atoms with Gasteiger partial charge in [0.05, 0.1) is 0 Å². The molecule has 1 atom stereocenters. The van der Waals surface area contributed by atoms with Crippen molar-refractivity contribution >= 4 is 5.91 Å². The quantitative estimate of drug-likeness (QED) is 0.665. The number of primary amides is 1. The number of aliphatic hydroxyl groups excluding tert-OH is 1. The fraction of sp³-hybridized carbons (Fsp3) is 0.364. The first-order valence-electron chi connectivity index (χ1n) is 4.94. The summed E-state index contributed by atoms with van der Waals surface area (Å²) in [5.41, 5.74) is 6.20. The second-order valence-electron chi connectivity index (χ2n) is 3.63. The summed E-state index contributed by atoms with van der Waals surface area (Å²) in [5.74, 6) is -1.04. The molecule has 0 fully saturated rings. The van der Waals surface area contributed by atoms with Gasteiger partial charge in [-0.3, -0.25) is 4.79 Å². The zero-order chi connectivity index (χ0) is 12.1. The first kappa shape index (κ1) is 12.6. The Morgan fingerprint density at radius 1 is 1.62 bits per heavy atom. The van der Waals surface area contributed by atoms with Gasteiger partial charge in [-0.15, -0.1) is 0 Å². The van der Waals surface area contributed by atoms with E-state index in [0.29, 0.717) is 12.1 Å². The molecule has 0 aliphatic heterocycles. The second-order valence-corrected chi connectivity index (χ2v) is 3.63. The van der Waals surface area contributed by atoms with Gasteiger partial charge in [0.25, 0.3) is 0 Å². The van der Waals surface area contributed by atoms with Crippen LogP contribution < -0.4 is 11.1 Å². The first-order chi connectivity index (χ1) is 7.50. The Bertz CT molecular complexity index is 382. The largest absolute Gasteiger partial charge is 0.382 e. The lowest BCUT2D eigenvalue weighted by Gasteiger charge is -2.08. The van der Waals surface area contributed by atoms with Crippen LogP contribution in [-0.4, -0.2) is 23.7 Å². The lowest BCUT2D eigenvalue weighted by molar-refractivity contribution is -0.125. The summed E-state index contributed by atoms with van der Waals surface area (Å²) in [6.07, 6.45) is -1.21. The van der Waals surface area contributed by atoms with E-state index in [-0.39, 0.29) is 12.4 Å². The fourth-order valence-electron chi connectivity index (χ4n) is 1.20. The van der Waals surface area contributed by atoms with Crippen LogP contribution in [0.25, 0.3) is 0 Å². The zero-order valence-electron chi connectivity index (χ0n) is 9.03. The summed E-state index contributed by atoms with van der Waals surface area (Å²) in [6.45, 7) is 2.12. The van der Waals surface area contributed by atoms with Crippen molar-refractivity contribution in [2.45, 2.75) is 19.6 Å². The number of aliphatic hydroxyl groups is 1. The Labute approximate surface area is 93.3 Å². The molecule has 1 amide bonds. The van der Waals surface area contributed by atoms with E-state index in [2.05, 4.69) is 5.32 Å². The van der Waals surface area contributed by atoms with Crippen molar-refractivity contribution in [3.05, 3.63) is 35.1 Å². The number of hydrogen-bond acceptors (Lipinski definition) is 3. The van der Waals surface area contributed by atoms with E-state index >= 15 is 0 Å². The van der Waals surface area contributed by atoms with Crippen LogP contribution in [0.2, 0.25) is 0 Å². The molecule has 0 aliphatic rings. The summed E-state index contributed by atoms with van der Waals surface area (Å²) < 4.78 is 13.1. The van der Waals surface area contributed by atoms with Gasteiger partial charge < -0.3 is 16.2 Å². The van der Waals surface area contributed by atoms with Gasteiger partial charge in [0.15, 0.2) is 0 Å². The number of carbonyl (C=O) groups excluding carboxylic acids is 1. The van der Waals surface area contributed by atoms with Crippen LogP contribution >= 0.6 is 0 Å².